The number of ether oxygens (including phenoxy) is 4. The van der Waals surface area contributed by atoms with E-state index in [1.54, 1.807) is 42.5 Å². The summed E-state index contributed by atoms with van der Waals surface area (Å²) >= 11 is 6.29. The molecule has 0 aliphatic carbocycles. The van der Waals surface area contributed by atoms with Crippen LogP contribution in [0.4, 0.5) is 0 Å². The minimum Gasteiger partial charge on any atom is -0.489 e. The van der Waals surface area contributed by atoms with Gasteiger partial charge < -0.3 is 34.7 Å². The molecule has 0 aromatic heterocycles. The normalized spacial score (nSPS) is 14.8. The maximum absolute atomic E-state index is 12.2. The van der Waals surface area contributed by atoms with Gasteiger partial charge in [0.15, 0.2) is 12.9 Å². The molecular formula is C25H30ClN3O6. The third kappa shape index (κ3) is 8.38. The van der Waals surface area contributed by atoms with E-state index in [0.29, 0.717) is 41.8 Å². The van der Waals surface area contributed by atoms with Crippen LogP contribution < -0.4 is 20.1 Å². The molecule has 10 heteroatoms. The molecule has 188 valence electrons. The lowest BCUT2D eigenvalue weighted by Gasteiger charge is -2.28. The number of nitriles is 1. The zero-order chi connectivity index (χ0) is 25.3. The Morgan fingerprint density at radius 1 is 1.26 bits per heavy atom. The molecule has 1 atom stereocenters. The average molecular weight is 504 g/mol. The summed E-state index contributed by atoms with van der Waals surface area (Å²) in [5.41, 5.74) is 0.636. The number of aliphatic hydroxyl groups is 1. The van der Waals surface area contributed by atoms with Crippen LogP contribution in [0, 0.1) is 11.3 Å². The Balaban J connectivity index is 1.36. The average Bonchev–Trinajstić information content (AvgIpc) is 3.38. The molecular weight excluding hydrogens is 474 g/mol. The number of carbonyl (C=O) groups excluding carboxylic acids is 1. The second-order valence-electron chi connectivity index (χ2n) is 8.66. The molecule has 0 bridgehead atoms. The zero-order valence-corrected chi connectivity index (χ0v) is 20.5. The summed E-state index contributed by atoms with van der Waals surface area (Å²) in [6.45, 7) is 5.27. The van der Waals surface area contributed by atoms with Crippen molar-refractivity contribution in [2.75, 3.05) is 39.5 Å². The summed E-state index contributed by atoms with van der Waals surface area (Å²) in [4.78, 5) is 12.2. The first-order valence-electron chi connectivity index (χ1n) is 11.2. The van der Waals surface area contributed by atoms with Gasteiger partial charge in [0.25, 0.3) is 5.91 Å². The van der Waals surface area contributed by atoms with Gasteiger partial charge in [0.05, 0.1) is 23.8 Å². The number of carbonyl (C=O) groups is 1. The van der Waals surface area contributed by atoms with Crippen LogP contribution in [-0.2, 0) is 14.3 Å². The molecule has 1 fully saturated rings. The predicted molar refractivity (Wildman–Crippen MR) is 129 cm³/mol. The highest BCUT2D eigenvalue weighted by atomic mass is 35.5. The van der Waals surface area contributed by atoms with E-state index in [1.165, 1.54) is 0 Å². The molecule has 0 spiro atoms. The molecule has 1 aliphatic rings. The van der Waals surface area contributed by atoms with Crippen LogP contribution >= 0.6 is 11.6 Å². The van der Waals surface area contributed by atoms with Crippen molar-refractivity contribution in [1.29, 1.82) is 5.26 Å². The molecule has 0 radical (unpaired) electrons. The van der Waals surface area contributed by atoms with Crippen molar-refractivity contribution in [3.05, 3.63) is 58.6 Å². The van der Waals surface area contributed by atoms with E-state index in [1.807, 2.05) is 13.8 Å². The van der Waals surface area contributed by atoms with Gasteiger partial charge in [-0.15, -0.1) is 0 Å². The Morgan fingerprint density at radius 3 is 2.71 bits per heavy atom. The van der Waals surface area contributed by atoms with E-state index < -0.39 is 17.9 Å². The van der Waals surface area contributed by atoms with Crippen molar-refractivity contribution in [1.82, 2.24) is 10.6 Å². The Morgan fingerprint density at radius 2 is 2.00 bits per heavy atom. The third-order valence-corrected chi connectivity index (χ3v) is 5.53. The van der Waals surface area contributed by atoms with Gasteiger partial charge in [-0.05, 0) is 44.2 Å². The molecule has 2 aromatic rings. The number of benzene rings is 2. The predicted octanol–water partition coefficient (Wildman–Crippen LogP) is 2.56. The van der Waals surface area contributed by atoms with E-state index in [-0.39, 0.29) is 25.7 Å². The van der Waals surface area contributed by atoms with E-state index in [9.17, 15) is 9.90 Å². The minimum atomic E-state index is -0.798. The smallest absolute Gasteiger partial charge is 0.258 e. The standard InChI is InChI=1S/C25H30ClN3O6/c1-25(2,29-13-18(30)14-35-22-6-4-3-5-17(22)12-27)16-28-23(31)15-34-19-7-8-20(21(26)11-19)24-32-9-10-33-24/h3-8,11,18,24,29-30H,9-10,13-16H2,1-2H3,(H,28,31)/t18-/m0/s1. The fourth-order valence-corrected chi connectivity index (χ4v) is 3.49. The van der Waals surface area contributed by atoms with Crippen LogP contribution in [0.1, 0.15) is 31.3 Å². The largest absolute Gasteiger partial charge is 0.489 e. The summed E-state index contributed by atoms with van der Waals surface area (Å²) in [5.74, 6) is 0.599. The number of nitrogens with zero attached hydrogens (tertiary/aromatic N) is 1. The lowest BCUT2D eigenvalue weighted by atomic mass is 10.1. The van der Waals surface area contributed by atoms with Gasteiger partial charge in [-0.25, -0.2) is 0 Å². The summed E-state index contributed by atoms with van der Waals surface area (Å²) in [6, 6.07) is 14.0. The van der Waals surface area contributed by atoms with E-state index in [4.69, 9.17) is 35.8 Å². The zero-order valence-electron chi connectivity index (χ0n) is 19.8. The molecule has 1 amide bonds. The van der Waals surface area contributed by atoms with Gasteiger partial charge in [-0.1, -0.05) is 23.7 Å². The molecule has 1 heterocycles. The Bertz CT molecular complexity index is 1040. The Kier molecular flexibility index (Phi) is 9.72. The fourth-order valence-electron chi connectivity index (χ4n) is 3.23. The molecule has 9 nitrogen and oxygen atoms in total. The van der Waals surface area contributed by atoms with Crippen LogP contribution in [0.15, 0.2) is 42.5 Å². The maximum Gasteiger partial charge on any atom is 0.258 e. The monoisotopic (exact) mass is 503 g/mol. The first kappa shape index (κ1) is 26.7. The number of β-amino-alcohol motifs (C(OH)–C–C–N with tert-alkyl or cyclic N) is 1. The van der Waals surface area contributed by atoms with Crippen molar-refractivity contribution >= 4 is 17.5 Å². The number of halogens is 1. The molecule has 0 saturated carbocycles. The highest BCUT2D eigenvalue weighted by molar-refractivity contribution is 6.31. The third-order valence-electron chi connectivity index (χ3n) is 5.20. The topological polar surface area (TPSA) is 122 Å². The maximum atomic E-state index is 12.2. The lowest BCUT2D eigenvalue weighted by molar-refractivity contribution is -0.123. The highest BCUT2D eigenvalue weighted by Crippen LogP contribution is 2.32. The van der Waals surface area contributed by atoms with E-state index >= 15 is 0 Å². The van der Waals surface area contributed by atoms with Gasteiger partial charge in [0.1, 0.15) is 30.3 Å². The summed E-state index contributed by atoms with van der Waals surface area (Å²) in [6.07, 6.45) is -1.28. The van der Waals surface area contributed by atoms with E-state index in [2.05, 4.69) is 16.7 Å². The van der Waals surface area contributed by atoms with Crippen molar-refractivity contribution < 1.29 is 28.8 Å². The molecule has 1 saturated heterocycles. The Hall–Kier alpha value is -2.87. The van der Waals surface area contributed by atoms with Gasteiger partial charge in [0, 0.05) is 24.2 Å². The van der Waals surface area contributed by atoms with Gasteiger partial charge in [-0.3, -0.25) is 4.79 Å². The molecule has 35 heavy (non-hydrogen) atoms. The quantitative estimate of drug-likeness (QED) is 0.404. The highest BCUT2D eigenvalue weighted by Gasteiger charge is 2.22. The Labute approximate surface area is 209 Å². The van der Waals surface area contributed by atoms with Crippen molar-refractivity contribution in [3.8, 4) is 17.6 Å². The lowest BCUT2D eigenvalue weighted by Crippen LogP contribution is -2.52. The minimum absolute atomic E-state index is 0.0301. The first-order chi connectivity index (χ1) is 16.8. The number of aliphatic hydroxyl groups excluding tert-OH is 1. The van der Waals surface area contributed by atoms with Gasteiger partial charge in [0.2, 0.25) is 0 Å². The number of amides is 1. The second-order valence-corrected chi connectivity index (χ2v) is 9.07. The van der Waals surface area contributed by atoms with Crippen LogP contribution in [-0.4, -0.2) is 62.2 Å². The summed E-state index contributed by atoms with van der Waals surface area (Å²) in [5, 5.41) is 25.8. The number of hydrogen-bond acceptors (Lipinski definition) is 8. The molecule has 2 aromatic carbocycles. The van der Waals surface area contributed by atoms with Crippen LogP contribution in [0.25, 0.3) is 0 Å². The molecule has 3 rings (SSSR count). The second kappa shape index (κ2) is 12.7. The fraction of sp³-hybridized carbons (Fsp3) is 0.440. The molecule has 3 N–H and O–H groups in total. The number of rotatable bonds is 12. The van der Waals surface area contributed by atoms with Crippen molar-refractivity contribution in [2.24, 2.45) is 0 Å². The summed E-state index contributed by atoms with van der Waals surface area (Å²) in [7, 11) is 0. The molecule has 1 aliphatic heterocycles. The van der Waals surface area contributed by atoms with Crippen molar-refractivity contribution in [2.45, 2.75) is 31.8 Å². The van der Waals surface area contributed by atoms with Gasteiger partial charge >= 0.3 is 0 Å². The van der Waals surface area contributed by atoms with E-state index in [0.717, 1.165) is 5.56 Å². The SMILES string of the molecule is CC(C)(CNC(=O)COc1ccc(C2OCCO2)c(Cl)c1)NC[C@H](O)COc1ccccc1C#N. The number of nitrogens with one attached hydrogen (secondary N) is 2. The first-order valence-corrected chi connectivity index (χ1v) is 11.6. The number of hydrogen-bond donors (Lipinski definition) is 3. The summed E-state index contributed by atoms with van der Waals surface area (Å²) < 4.78 is 22.0. The van der Waals surface area contributed by atoms with Crippen molar-refractivity contribution in [3.63, 3.8) is 0 Å². The van der Waals surface area contributed by atoms with Gasteiger partial charge in [-0.2, -0.15) is 5.26 Å². The van der Waals surface area contributed by atoms with Crippen LogP contribution in [0.2, 0.25) is 5.02 Å². The van der Waals surface area contributed by atoms with Crippen LogP contribution in [0.3, 0.4) is 0 Å². The van der Waals surface area contributed by atoms with Crippen LogP contribution in [0.5, 0.6) is 11.5 Å². The molecule has 0 unspecified atom stereocenters. The number of para-hydroxylation sites is 1.